The monoisotopic (exact) mass is 96.0 g/mol. The van der Waals surface area contributed by atoms with Crippen molar-refractivity contribution in [3.63, 3.8) is 0 Å². The zero-order chi connectivity index (χ0) is 0. The smallest absolute Gasteiger partial charge is 2.00 e. The minimum atomic E-state index is 0. The van der Waals surface area contributed by atoms with Crippen LogP contribution in [-0.4, -0.2) is 43.2 Å². The summed E-state index contributed by atoms with van der Waals surface area (Å²) in [6.07, 6.45) is 0. The molecule has 0 rings (SSSR count). The third-order valence-corrected chi connectivity index (χ3v) is 0. The van der Waals surface area contributed by atoms with Gasteiger partial charge in [0, 0.05) is 0 Å². The molecule has 0 aromatic carbocycles. The molecule has 0 aromatic rings. The Morgan fingerprint density at radius 2 is 1.00 bits per heavy atom. The molecule has 0 radical (unpaired) electrons. The summed E-state index contributed by atoms with van der Waals surface area (Å²) in [5, 5.41) is 0. The zero-order valence-electron chi connectivity index (χ0n) is 2.56. The van der Waals surface area contributed by atoms with Crippen LogP contribution in [0.25, 0.3) is 0 Å². The van der Waals surface area contributed by atoms with Crippen LogP contribution in [-0.2, 0) is 5.48 Å². The van der Waals surface area contributed by atoms with Gasteiger partial charge in [-0.1, -0.05) is 0 Å². The predicted octanol–water partition coefficient (Wildman–Crippen LogP) is -3.67. The normalized spacial score (nSPS) is 0. The Labute approximate surface area is 76.9 Å². The van der Waals surface area contributed by atoms with Crippen molar-refractivity contribution in [1.29, 1.82) is 0 Å². The van der Waals surface area contributed by atoms with Gasteiger partial charge in [0.15, 0.2) is 0 Å². The maximum Gasteiger partial charge on any atom is 2.00 e. The molecule has 0 amide bonds. The maximum absolute atomic E-state index is 0. The van der Waals surface area contributed by atoms with E-state index in [2.05, 4.69) is 0 Å². The summed E-state index contributed by atoms with van der Waals surface area (Å²) in [4.78, 5) is 0. The Hall–Kier alpha value is 2.18. The van der Waals surface area contributed by atoms with Crippen molar-refractivity contribution < 1.29 is 40.5 Å². The van der Waals surface area contributed by atoms with Crippen molar-refractivity contribution in [1.82, 2.24) is 0 Å². The molecular formula is HCaNaO2. The standard InChI is InChI=1S/Ca.Na.H2O.O/h;;1H2;/q+2;+1;;-2/p-1. The molecule has 0 aliphatic rings. The van der Waals surface area contributed by atoms with E-state index in [1.54, 1.807) is 0 Å². The van der Waals surface area contributed by atoms with Crippen LogP contribution in [0.3, 0.4) is 0 Å². The first-order valence-electron chi connectivity index (χ1n) is 0. The van der Waals surface area contributed by atoms with Gasteiger partial charge < -0.3 is 11.0 Å². The molecule has 16 valence electrons. The van der Waals surface area contributed by atoms with Crippen LogP contribution in [0.2, 0.25) is 0 Å². The first-order valence-corrected chi connectivity index (χ1v) is 0. The van der Waals surface area contributed by atoms with Gasteiger partial charge >= 0.3 is 67.3 Å². The summed E-state index contributed by atoms with van der Waals surface area (Å²) in [7, 11) is 0. The van der Waals surface area contributed by atoms with Gasteiger partial charge in [-0.2, -0.15) is 0 Å². The molecule has 2 nitrogen and oxygen atoms in total. The summed E-state index contributed by atoms with van der Waals surface area (Å²) in [5.41, 5.74) is 0. The quantitative estimate of drug-likeness (QED) is 0.287. The minimum Gasteiger partial charge on any atom is -2.00 e. The molecule has 0 heterocycles. The van der Waals surface area contributed by atoms with E-state index in [9.17, 15) is 0 Å². The Kier molecular flexibility index (Phi) is 166. The zero-order valence-corrected chi connectivity index (χ0v) is 6.77. The Balaban J connectivity index is 0. The number of hydrogen-bond donors (Lipinski definition) is 0. The summed E-state index contributed by atoms with van der Waals surface area (Å²) < 4.78 is 0. The Morgan fingerprint density at radius 1 is 1.00 bits per heavy atom. The first kappa shape index (κ1) is 34.9. The van der Waals surface area contributed by atoms with Gasteiger partial charge in [0.2, 0.25) is 0 Å². The van der Waals surface area contributed by atoms with E-state index in [0.29, 0.717) is 0 Å². The van der Waals surface area contributed by atoms with Gasteiger partial charge in [-0.05, 0) is 0 Å². The molecule has 0 atom stereocenters. The molecule has 0 saturated heterocycles. The van der Waals surface area contributed by atoms with E-state index in [4.69, 9.17) is 0 Å². The van der Waals surface area contributed by atoms with Gasteiger partial charge in [-0.25, -0.2) is 0 Å². The summed E-state index contributed by atoms with van der Waals surface area (Å²) >= 11 is 0. The van der Waals surface area contributed by atoms with Gasteiger partial charge in [-0.15, -0.1) is 0 Å². The second kappa shape index (κ2) is 19.0. The van der Waals surface area contributed by atoms with Crippen molar-refractivity contribution in [2.75, 3.05) is 0 Å². The summed E-state index contributed by atoms with van der Waals surface area (Å²) in [6, 6.07) is 0. The SMILES string of the molecule is [Ca+2].[Na+].[O-2].[OH-]. The summed E-state index contributed by atoms with van der Waals surface area (Å²) in [6.45, 7) is 0. The minimum absolute atomic E-state index is 0. The van der Waals surface area contributed by atoms with Crippen molar-refractivity contribution in [3.8, 4) is 0 Å². The molecule has 0 aromatic heterocycles. The van der Waals surface area contributed by atoms with Crippen LogP contribution < -0.4 is 29.6 Å². The van der Waals surface area contributed by atoms with Crippen LogP contribution in [0.15, 0.2) is 0 Å². The second-order valence-corrected chi connectivity index (χ2v) is 0. The molecule has 0 spiro atoms. The fraction of sp³-hybridized carbons (Fsp3) is 0. The third-order valence-electron chi connectivity index (χ3n) is 0. The Morgan fingerprint density at radius 3 is 1.00 bits per heavy atom. The third kappa shape index (κ3) is 8.89. The molecular weight excluding hydrogens is 95.1 g/mol. The largest absolute Gasteiger partial charge is 2.00 e. The van der Waals surface area contributed by atoms with E-state index in [1.807, 2.05) is 0 Å². The molecule has 0 aliphatic carbocycles. The van der Waals surface area contributed by atoms with Crippen LogP contribution in [0.5, 0.6) is 0 Å². The average molecular weight is 96.1 g/mol. The molecule has 0 saturated carbocycles. The van der Waals surface area contributed by atoms with Crippen LogP contribution in [0.4, 0.5) is 0 Å². The van der Waals surface area contributed by atoms with Crippen molar-refractivity contribution in [3.05, 3.63) is 0 Å². The predicted molar refractivity (Wildman–Crippen MR) is 8.38 cm³/mol. The van der Waals surface area contributed by atoms with Gasteiger partial charge in [0.1, 0.15) is 0 Å². The number of rotatable bonds is 0. The molecule has 0 fully saturated rings. The fourth-order valence-corrected chi connectivity index (χ4v) is 0. The van der Waals surface area contributed by atoms with Crippen molar-refractivity contribution in [2.45, 2.75) is 0 Å². The molecule has 0 aliphatic heterocycles. The molecule has 4 heteroatoms. The second-order valence-electron chi connectivity index (χ2n) is 0. The van der Waals surface area contributed by atoms with Crippen molar-refractivity contribution >= 4 is 37.7 Å². The summed E-state index contributed by atoms with van der Waals surface area (Å²) in [5.74, 6) is 0. The van der Waals surface area contributed by atoms with Crippen LogP contribution in [0, 0.1) is 0 Å². The van der Waals surface area contributed by atoms with Gasteiger partial charge in [-0.3, -0.25) is 0 Å². The fourth-order valence-electron chi connectivity index (χ4n) is 0. The van der Waals surface area contributed by atoms with E-state index in [1.165, 1.54) is 0 Å². The molecule has 4 heavy (non-hydrogen) atoms. The average Bonchev–Trinajstić information content (AvgIpc) is 0. The topological polar surface area (TPSA) is 58.5 Å². The van der Waals surface area contributed by atoms with Crippen LogP contribution in [0.1, 0.15) is 0 Å². The Bertz CT molecular complexity index is 6.00. The molecule has 0 unspecified atom stereocenters. The first-order chi connectivity index (χ1) is 0. The molecule has 0 bridgehead atoms. The van der Waals surface area contributed by atoms with Crippen LogP contribution >= 0.6 is 0 Å². The van der Waals surface area contributed by atoms with E-state index < -0.39 is 0 Å². The molecule has 1 N–H and O–H groups in total. The van der Waals surface area contributed by atoms with Gasteiger partial charge in [0.25, 0.3) is 0 Å². The van der Waals surface area contributed by atoms with Gasteiger partial charge in [0.05, 0.1) is 0 Å². The van der Waals surface area contributed by atoms with E-state index >= 15 is 0 Å². The van der Waals surface area contributed by atoms with E-state index in [0.717, 1.165) is 0 Å². The van der Waals surface area contributed by atoms with Crippen molar-refractivity contribution in [2.24, 2.45) is 0 Å². The maximum atomic E-state index is 0. The van der Waals surface area contributed by atoms with E-state index in [-0.39, 0.29) is 78.2 Å². The number of hydrogen-bond acceptors (Lipinski definition) is 1.